The predicted octanol–water partition coefficient (Wildman–Crippen LogP) is 0.491. The van der Waals surface area contributed by atoms with Gasteiger partial charge in [0.15, 0.2) is 0 Å². The molecule has 2 heterocycles. The summed E-state index contributed by atoms with van der Waals surface area (Å²) in [6.07, 6.45) is 3.29. The number of rotatable bonds is 3. The van der Waals surface area contributed by atoms with Gasteiger partial charge in [-0.2, -0.15) is 0 Å². The molecule has 0 aromatic carbocycles. The zero-order valence-corrected chi connectivity index (χ0v) is 12.5. The fourth-order valence-electron chi connectivity index (χ4n) is 1.76. The summed E-state index contributed by atoms with van der Waals surface area (Å²) in [5.41, 5.74) is -0.0673. The molecular weight excluding hydrogens is 259 g/mol. The van der Waals surface area contributed by atoms with Crippen molar-refractivity contribution in [2.45, 2.75) is 45.3 Å². The van der Waals surface area contributed by atoms with Crippen LogP contribution in [-0.2, 0) is 25.3 Å². The molecule has 6 nitrogen and oxygen atoms in total. The zero-order valence-electron chi connectivity index (χ0n) is 12.5. The first-order chi connectivity index (χ1) is 9.25. The van der Waals surface area contributed by atoms with Gasteiger partial charge in [-0.05, 0) is 27.7 Å². The molecule has 0 saturated carbocycles. The molecule has 2 rings (SSSR count). The minimum Gasteiger partial charge on any atom is -0.469 e. The first-order valence-electron chi connectivity index (χ1n) is 6.48. The molecule has 1 aromatic heterocycles. The van der Waals surface area contributed by atoms with Crippen molar-refractivity contribution in [3.63, 3.8) is 0 Å². The standard InChI is InChI=1S/C13H19BN2O4/c1-12(2)13(3,4)20-14(19-12)9-7-15-10(16-8-9)6-11(17)18-5/h7-8H,6H2,1-5H3. The lowest BCUT2D eigenvalue weighted by molar-refractivity contribution is -0.139. The SMILES string of the molecule is COC(=O)Cc1ncc(B2OC(C)(C)C(C)(C)O2)cn1. The second-order valence-corrected chi connectivity index (χ2v) is 5.77. The number of carbonyl (C=O) groups excluding carboxylic acids is 1. The number of methoxy groups -OCH3 is 1. The zero-order chi connectivity index (χ0) is 15.0. The van der Waals surface area contributed by atoms with Gasteiger partial charge in [-0.1, -0.05) is 0 Å². The van der Waals surface area contributed by atoms with Crippen LogP contribution >= 0.6 is 0 Å². The highest BCUT2D eigenvalue weighted by Crippen LogP contribution is 2.36. The topological polar surface area (TPSA) is 70.5 Å². The molecular formula is C13H19BN2O4. The van der Waals surface area contributed by atoms with Crippen LogP contribution in [0.2, 0.25) is 0 Å². The van der Waals surface area contributed by atoms with Gasteiger partial charge in [0.05, 0.1) is 18.3 Å². The van der Waals surface area contributed by atoms with Crippen molar-refractivity contribution < 1.29 is 18.8 Å². The Morgan fingerprint density at radius 1 is 1.20 bits per heavy atom. The van der Waals surface area contributed by atoms with Gasteiger partial charge in [-0.25, -0.2) is 9.97 Å². The molecule has 0 aliphatic carbocycles. The van der Waals surface area contributed by atoms with Crippen molar-refractivity contribution in [3.8, 4) is 0 Å². The maximum atomic E-state index is 11.1. The van der Waals surface area contributed by atoms with Crippen LogP contribution in [0.1, 0.15) is 33.5 Å². The summed E-state index contributed by atoms with van der Waals surface area (Å²) in [6.45, 7) is 7.94. The van der Waals surface area contributed by atoms with E-state index in [0.29, 0.717) is 5.82 Å². The Hall–Kier alpha value is -1.47. The molecule has 1 fully saturated rings. The van der Waals surface area contributed by atoms with Crippen LogP contribution in [0, 0.1) is 0 Å². The molecule has 0 bridgehead atoms. The van der Waals surface area contributed by atoms with Gasteiger partial charge in [0, 0.05) is 17.9 Å². The largest absolute Gasteiger partial charge is 0.498 e. The van der Waals surface area contributed by atoms with Gasteiger partial charge in [0.25, 0.3) is 0 Å². The number of carbonyl (C=O) groups is 1. The third kappa shape index (κ3) is 2.83. The van der Waals surface area contributed by atoms with E-state index in [9.17, 15) is 4.79 Å². The summed E-state index contributed by atoms with van der Waals surface area (Å²) < 4.78 is 16.4. The Labute approximate surface area is 119 Å². The Morgan fingerprint density at radius 3 is 2.15 bits per heavy atom. The van der Waals surface area contributed by atoms with Crippen molar-refractivity contribution in [1.82, 2.24) is 9.97 Å². The lowest BCUT2D eigenvalue weighted by Crippen LogP contribution is -2.41. The molecule has 0 radical (unpaired) electrons. The van der Waals surface area contributed by atoms with Crippen LogP contribution in [-0.4, -0.2) is 41.4 Å². The van der Waals surface area contributed by atoms with E-state index in [0.717, 1.165) is 5.46 Å². The highest BCUT2D eigenvalue weighted by atomic mass is 16.7. The fraction of sp³-hybridized carbons (Fsp3) is 0.615. The average molecular weight is 278 g/mol. The van der Waals surface area contributed by atoms with E-state index >= 15 is 0 Å². The van der Waals surface area contributed by atoms with E-state index in [2.05, 4.69) is 14.7 Å². The van der Waals surface area contributed by atoms with Gasteiger partial charge in [0.1, 0.15) is 12.2 Å². The third-order valence-corrected chi connectivity index (χ3v) is 3.78. The normalized spacial score (nSPS) is 19.9. The van der Waals surface area contributed by atoms with E-state index in [1.54, 1.807) is 12.4 Å². The van der Waals surface area contributed by atoms with Crippen LogP contribution in [0.25, 0.3) is 0 Å². The maximum Gasteiger partial charge on any atom is 0.498 e. The minimum absolute atomic E-state index is 0.0557. The van der Waals surface area contributed by atoms with Crippen LogP contribution < -0.4 is 5.46 Å². The Morgan fingerprint density at radius 2 is 1.70 bits per heavy atom. The highest BCUT2D eigenvalue weighted by Gasteiger charge is 2.51. The van der Waals surface area contributed by atoms with Crippen molar-refractivity contribution >= 4 is 18.6 Å². The summed E-state index contributed by atoms with van der Waals surface area (Å²) in [6, 6.07) is 0. The first kappa shape index (κ1) is 14.9. The second kappa shape index (κ2) is 5.14. The molecule has 1 saturated heterocycles. The molecule has 7 heteroatoms. The van der Waals surface area contributed by atoms with Crippen molar-refractivity contribution in [3.05, 3.63) is 18.2 Å². The van der Waals surface area contributed by atoms with Gasteiger partial charge in [-0.15, -0.1) is 0 Å². The molecule has 1 aliphatic rings. The predicted molar refractivity (Wildman–Crippen MR) is 73.5 cm³/mol. The summed E-state index contributed by atoms with van der Waals surface area (Å²) >= 11 is 0. The molecule has 108 valence electrons. The number of nitrogens with zero attached hydrogens (tertiary/aromatic N) is 2. The van der Waals surface area contributed by atoms with Crippen molar-refractivity contribution in [1.29, 1.82) is 0 Å². The van der Waals surface area contributed by atoms with Gasteiger partial charge in [-0.3, -0.25) is 4.79 Å². The van der Waals surface area contributed by atoms with E-state index < -0.39 is 18.3 Å². The summed E-state index contributed by atoms with van der Waals surface area (Å²) in [5.74, 6) is 0.0468. The molecule has 0 N–H and O–H groups in total. The maximum absolute atomic E-state index is 11.1. The lowest BCUT2D eigenvalue weighted by atomic mass is 9.81. The minimum atomic E-state index is -0.493. The van der Waals surface area contributed by atoms with E-state index in [4.69, 9.17) is 9.31 Å². The first-order valence-corrected chi connectivity index (χ1v) is 6.48. The van der Waals surface area contributed by atoms with Gasteiger partial charge >= 0.3 is 13.1 Å². The summed E-state index contributed by atoms with van der Waals surface area (Å²) in [4.78, 5) is 19.4. The number of esters is 1. The number of ether oxygens (including phenoxy) is 1. The molecule has 0 spiro atoms. The molecule has 0 amide bonds. The van der Waals surface area contributed by atoms with Crippen LogP contribution in [0.3, 0.4) is 0 Å². The fourth-order valence-corrected chi connectivity index (χ4v) is 1.76. The monoisotopic (exact) mass is 278 g/mol. The van der Waals surface area contributed by atoms with E-state index in [1.807, 2.05) is 27.7 Å². The van der Waals surface area contributed by atoms with E-state index in [1.165, 1.54) is 7.11 Å². The summed E-state index contributed by atoms with van der Waals surface area (Å²) in [5, 5.41) is 0. The molecule has 1 aliphatic heterocycles. The molecule has 1 aromatic rings. The molecule has 0 unspecified atom stereocenters. The smallest absolute Gasteiger partial charge is 0.469 e. The molecule has 0 atom stereocenters. The Bertz CT molecular complexity index is 486. The van der Waals surface area contributed by atoms with Crippen molar-refractivity contribution in [2.24, 2.45) is 0 Å². The van der Waals surface area contributed by atoms with Gasteiger partial charge < -0.3 is 14.0 Å². The van der Waals surface area contributed by atoms with E-state index in [-0.39, 0.29) is 12.4 Å². The Kier molecular flexibility index (Phi) is 3.84. The Balaban J connectivity index is 2.10. The van der Waals surface area contributed by atoms with Crippen LogP contribution in [0.4, 0.5) is 0 Å². The average Bonchev–Trinajstić information content (AvgIpc) is 2.59. The molecule has 20 heavy (non-hydrogen) atoms. The second-order valence-electron chi connectivity index (χ2n) is 5.77. The third-order valence-electron chi connectivity index (χ3n) is 3.78. The number of aromatic nitrogens is 2. The highest BCUT2D eigenvalue weighted by molar-refractivity contribution is 6.61. The van der Waals surface area contributed by atoms with Gasteiger partial charge in [0.2, 0.25) is 0 Å². The lowest BCUT2D eigenvalue weighted by Gasteiger charge is -2.32. The number of hydrogen-bond donors (Lipinski definition) is 0. The number of hydrogen-bond acceptors (Lipinski definition) is 6. The van der Waals surface area contributed by atoms with Crippen LogP contribution in [0.5, 0.6) is 0 Å². The van der Waals surface area contributed by atoms with Crippen LogP contribution in [0.15, 0.2) is 12.4 Å². The van der Waals surface area contributed by atoms with Crippen molar-refractivity contribution in [2.75, 3.05) is 7.11 Å². The quantitative estimate of drug-likeness (QED) is 0.592. The summed E-state index contributed by atoms with van der Waals surface area (Å²) in [7, 11) is 0.841.